The number of hydrogen-bond acceptors (Lipinski definition) is 0. The molecule has 0 aromatic heterocycles. The third-order valence-electron chi connectivity index (χ3n) is 3.66. The van der Waals surface area contributed by atoms with Crippen molar-refractivity contribution in [3.8, 4) is 0 Å². The summed E-state index contributed by atoms with van der Waals surface area (Å²) < 4.78 is 0. The first-order chi connectivity index (χ1) is 6.56. The van der Waals surface area contributed by atoms with Gasteiger partial charge in [0.2, 0.25) is 0 Å². The number of allylic oxidation sites excluding steroid dienone is 4. The highest BCUT2D eigenvalue weighted by molar-refractivity contribution is 5.37. The molecule has 0 amide bonds. The third-order valence-corrected chi connectivity index (χ3v) is 3.66. The van der Waals surface area contributed by atoms with Crippen LogP contribution in [0.2, 0.25) is 0 Å². The van der Waals surface area contributed by atoms with Crippen LogP contribution in [0.3, 0.4) is 0 Å². The van der Waals surface area contributed by atoms with Crippen LogP contribution in [0.5, 0.6) is 0 Å². The van der Waals surface area contributed by atoms with Crippen molar-refractivity contribution in [2.24, 2.45) is 16.2 Å². The molecule has 15 heavy (non-hydrogen) atoms. The van der Waals surface area contributed by atoms with Gasteiger partial charge < -0.3 is 0 Å². The van der Waals surface area contributed by atoms with Gasteiger partial charge in [0.1, 0.15) is 0 Å². The van der Waals surface area contributed by atoms with E-state index < -0.39 is 0 Å². The molecule has 0 heterocycles. The highest BCUT2D eigenvalue weighted by atomic mass is 14.4. The van der Waals surface area contributed by atoms with Gasteiger partial charge in [-0.2, -0.15) is 0 Å². The molecule has 0 heteroatoms. The highest BCUT2D eigenvalue weighted by Crippen LogP contribution is 2.48. The SMILES string of the molecule is CC(C)(C)C1=CC=CC(C)(C(C)(C)C)[CH]1. The van der Waals surface area contributed by atoms with Crippen LogP contribution in [0.1, 0.15) is 48.5 Å². The molecule has 1 radical (unpaired) electrons. The van der Waals surface area contributed by atoms with Gasteiger partial charge in [0.05, 0.1) is 0 Å². The first-order valence-corrected chi connectivity index (χ1v) is 5.82. The van der Waals surface area contributed by atoms with E-state index in [0.717, 1.165) is 0 Å². The second-order valence-corrected chi connectivity index (χ2v) is 6.91. The Hall–Kier alpha value is -0.520. The summed E-state index contributed by atoms with van der Waals surface area (Å²) in [6.07, 6.45) is 9.22. The molecule has 1 unspecified atom stereocenters. The average molecular weight is 205 g/mol. The maximum absolute atomic E-state index is 2.44. The van der Waals surface area contributed by atoms with E-state index in [-0.39, 0.29) is 16.2 Å². The predicted octanol–water partition coefficient (Wildman–Crippen LogP) is 4.79. The number of rotatable bonds is 0. The third kappa shape index (κ3) is 2.53. The first kappa shape index (κ1) is 12.5. The molecule has 0 bridgehead atoms. The van der Waals surface area contributed by atoms with Gasteiger partial charge in [0, 0.05) is 0 Å². The zero-order valence-corrected chi connectivity index (χ0v) is 11.3. The Balaban J connectivity index is 2.99. The van der Waals surface area contributed by atoms with E-state index in [0.29, 0.717) is 0 Å². The molecule has 0 aromatic rings. The highest BCUT2D eigenvalue weighted by Gasteiger charge is 2.38. The molecule has 0 aliphatic heterocycles. The normalized spacial score (nSPS) is 27.8. The van der Waals surface area contributed by atoms with E-state index in [9.17, 15) is 0 Å². The predicted molar refractivity (Wildman–Crippen MR) is 68.5 cm³/mol. The van der Waals surface area contributed by atoms with Gasteiger partial charge in [0.25, 0.3) is 0 Å². The molecular formula is C15H25. The molecule has 1 rings (SSSR count). The smallest absolute Gasteiger partial charge is 0.00231 e. The molecule has 0 saturated carbocycles. The van der Waals surface area contributed by atoms with Gasteiger partial charge in [-0.15, -0.1) is 0 Å². The topological polar surface area (TPSA) is 0 Å². The summed E-state index contributed by atoms with van der Waals surface area (Å²) in [5, 5.41) is 0. The van der Waals surface area contributed by atoms with Crippen molar-refractivity contribution in [1.82, 2.24) is 0 Å². The fourth-order valence-corrected chi connectivity index (χ4v) is 1.70. The lowest BCUT2D eigenvalue weighted by atomic mass is 9.61. The van der Waals surface area contributed by atoms with Gasteiger partial charge in [-0.25, -0.2) is 0 Å². The average Bonchev–Trinajstić information content (AvgIpc) is 2.00. The molecule has 1 aliphatic rings. The van der Waals surface area contributed by atoms with E-state index in [1.54, 1.807) is 0 Å². The summed E-state index contributed by atoms with van der Waals surface area (Å²) in [6, 6.07) is 0. The summed E-state index contributed by atoms with van der Waals surface area (Å²) in [6.45, 7) is 16.1. The standard InChI is InChI=1S/C15H25/c1-13(2,3)12-9-8-10-15(7,11-12)14(4,5)6/h8-11H,1-7H3. The van der Waals surface area contributed by atoms with Gasteiger partial charge in [0.15, 0.2) is 0 Å². The van der Waals surface area contributed by atoms with Crippen LogP contribution >= 0.6 is 0 Å². The summed E-state index contributed by atoms with van der Waals surface area (Å²) in [7, 11) is 0. The van der Waals surface area contributed by atoms with Crippen LogP contribution in [0.4, 0.5) is 0 Å². The van der Waals surface area contributed by atoms with Crippen molar-refractivity contribution in [3.63, 3.8) is 0 Å². The zero-order valence-electron chi connectivity index (χ0n) is 11.3. The van der Waals surface area contributed by atoms with Crippen molar-refractivity contribution in [2.45, 2.75) is 48.5 Å². The Bertz CT molecular complexity index is 291. The summed E-state index contributed by atoms with van der Waals surface area (Å²) in [4.78, 5) is 0. The Morgan fingerprint density at radius 3 is 1.93 bits per heavy atom. The molecule has 0 nitrogen and oxygen atoms in total. The fraction of sp³-hybridized carbons (Fsp3) is 0.667. The molecule has 85 valence electrons. The summed E-state index contributed by atoms with van der Waals surface area (Å²) in [5.41, 5.74) is 2.14. The number of hydrogen-bond donors (Lipinski definition) is 0. The summed E-state index contributed by atoms with van der Waals surface area (Å²) in [5.74, 6) is 0. The van der Waals surface area contributed by atoms with Crippen molar-refractivity contribution in [3.05, 3.63) is 30.2 Å². The fourth-order valence-electron chi connectivity index (χ4n) is 1.70. The Morgan fingerprint density at radius 1 is 1.00 bits per heavy atom. The first-order valence-electron chi connectivity index (χ1n) is 5.82. The maximum atomic E-state index is 2.44. The lowest BCUT2D eigenvalue weighted by Gasteiger charge is -2.43. The van der Waals surface area contributed by atoms with Gasteiger partial charge in [-0.1, -0.05) is 72.3 Å². The van der Waals surface area contributed by atoms with Crippen LogP contribution in [-0.2, 0) is 0 Å². The molecular weight excluding hydrogens is 180 g/mol. The second-order valence-electron chi connectivity index (χ2n) is 6.91. The quantitative estimate of drug-likeness (QED) is 0.533. The summed E-state index contributed by atoms with van der Waals surface area (Å²) >= 11 is 0. The minimum absolute atomic E-state index is 0.171. The molecule has 0 fully saturated rings. The second kappa shape index (κ2) is 3.50. The van der Waals surface area contributed by atoms with Crippen molar-refractivity contribution in [2.75, 3.05) is 0 Å². The van der Waals surface area contributed by atoms with Gasteiger partial charge in [-0.05, 0) is 22.7 Å². The molecule has 1 aliphatic carbocycles. The van der Waals surface area contributed by atoms with Crippen molar-refractivity contribution >= 4 is 0 Å². The molecule has 0 aromatic carbocycles. The van der Waals surface area contributed by atoms with Crippen molar-refractivity contribution in [1.29, 1.82) is 0 Å². The monoisotopic (exact) mass is 205 g/mol. The van der Waals surface area contributed by atoms with Crippen molar-refractivity contribution < 1.29 is 0 Å². The Kier molecular flexibility index (Phi) is 2.93. The van der Waals surface area contributed by atoms with E-state index >= 15 is 0 Å². The Morgan fingerprint density at radius 2 is 1.53 bits per heavy atom. The van der Waals surface area contributed by atoms with E-state index in [1.807, 2.05) is 0 Å². The lowest BCUT2D eigenvalue weighted by molar-refractivity contribution is 0.204. The van der Waals surface area contributed by atoms with Crippen LogP contribution in [0.15, 0.2) is 23.8 Å². The largest absolute Gasteiger partial charge is 0.0774 e. The van der Waals surface area contributed by atoms with Crippen LogP contribution < -0.4 is 0 Å². The molecule has 0 N–H and O–H groups in total. The molecule has 1 atom stereocenters. The minimum Gasteiger partial charge on any atom is -0.0774 e. The van der Waals surface area contributed by atoms with E-state index in [4.69, 9.17) is 0 Å². The van der Waals surface area contributed by atoms with Gasteiger partial charge in [-0.3, -0.25) is 0 Å². The van der Waals surface area contributed by atoms with E-state index in [1.165, 1.54) is 5.57 Å². The van der Waals surface area contributed by atoms with Crippen LogP contribution in [0, 0.1) is 22.7 Å². The molecule has 0 saturated heterocycles. The maximum Gasteiger partial charge on any atom is -0.00231 e. The molecule has 0 spiro atoms. The van der Waals surface area contributed by atoms with Crippen LogP contribution in [-0.4, -0.2) is 0 Å². The van der Waals surface area contributed by atoms with E-state index in [2.05, 4.69) is 73.1 Å². The lowest BCUT2D eigenvalue weighted by Crippen LogP contribution is -2.34. The minimum atomic E-state index is 0.171. The van der Waals surface area contributed by atoms with Gasteiger partial charge >= 0.3 is 0 Å². The van der Waals surface area contributed by atoms with Crippen LogP contribution in [0.25, 0.3) is 0 Å². The Labute approximate surface area is 95.5 Å². The zero-order chi connectivity index (χ0) is 11.9.